The van der Waals surface area contributed by atoms with Gasteiger partial charge in [0.2, 0.25) is 0 Å². The average Bonchev–Trinajstić information content (AvgIpc) is 3.23. The van der Waals surface area contributed by atoms with E-state index in [9.17, 15) is 14.3 Å². The van der Waals surface area contributed by atoms with Crippen LogP contribution in [0.1, 0.15) is 23.7 Å². The van der Waals surface area contributed by atoms with Crippen molar-refractivity contribution in [1.29, 1.82) is 0 Å². The Labute approximate surface area is 171 Å². The van der Waals surface area contributed by atoms with Gasteiger partial charge >= 0.3 is 5.97 Å². The first-order chi connectivity index (χ1) is 14.6. The van der Waals surface area contributed by atoms with Gasteiger partial charge in [0.05, 0.1) is 29.7 Å². The fourth-order valence-corrected chi connectivity index (χ4v) is 4.39. The van der Waals surface area contributed by atoms with Crippen LogP contribution in [0.3, 0.4) is 0 Å². The zero-order chi connectivity index (χ0) is 20.7. The van der Waals surface area contributed by atoms with Crippen LogP contribution in [0.25, 0.3) is 23.1 Å². The average molecular weight is 402 g/mol. The van der Waals surface area contributed by atoms with Gasteiger partial charge in [-0.2, -0.15) is 0 Å². The number of nitrogens with zero attached hydrogens (tertiary/aromatic N) is 4. The number of carboxylic acid groups (broad SMARTS) is 1. The molecule has 0 fully saturated rings. The fourth-order valence-electron chi connectivity index (χ4n) is 4.39. The molecular weight excluding hydrogens is 383 g/mol. The second-order valence-electron chi connectivity index (χ2n) is 7.49. The number of halogens is 1. The Balaban J connectivity index is 1.59. The predicted molar refractivity (Wildman–Crippen MR) is 109 cm³/mol. The summed E-state index contributed by atoms with van der Waals surface area (Å²) in [4.78, 5) is 11.5. The molecule has 0 spiro atoms. The van der Waals surface area contributed by atoms with Gasteiger partial charge in [-0.05, 0) is 48.7 Å². The number of hydrogen-bond donors (Lipinski definition) is 1. The lowest BCUT2D eigenvalue weighted by molar-refractivity contribution is -0.136. The molecule has 30 heavy (non-hydrogen) atoms. The van der Waals surface area contributed by atoms with E-state index in [1.807, 2.05) is 29.0 Å². The maximum Gasteiger partial charge on any atom is 0.307 e. The van der Waals surface area contributed by atoms with Gasteiger partial charge in [-0.3, -0.25) is 4.79 Å². The summed E-state index contributed by atoms with van der Waals surface area (Å²) < 4.78 is 17.4. The number of allylic oxidation sites excluding steroid dienone is 3. The number of aliphatic carboxylic acids is 1. The van der Waals surface area contributed by atoms with Crippen LogP contribution >= 0.6 is 0 Å². The molecule has 150 valence electrons. The highest BCUT2D eigenvalue weighted by Gasteiger charge is 2.27. The van der Waals surface area contributed by atoms with Crippen LogP contribution in [-0.4, -0.2) is 30.6 Å². The summed E-state index contributed by atoms with van der Waals surface area (Å²) in [6, 6.07) is 6.36. The molecule has 0 amide bonds. The summed E-state index contributed by atoms with van der Waals surface area (Å²) in [6.07, 6.45) is 10.9. The molecule has 3 heterocycles. The van der Waals surface area contributed by atoms with Gasteiger partial charge in [0, 0.05) is 23.0 Å². The summed E-state index contributed by atoms with van der Waals surface area (Å²) in [6.45, 7) is 0.642. The van der Waals surface area contributed by atoms with Gasteiger partial charge in [-0.1, -0.05) is 29.2 Å². The van der Waals surface area contributed by atoms with Crippen LogP contribution in [0.15, 0.2) is 48.7 Å². The van der Waals surface area contributed by atoms with Gasteiger partial charge in [-0.25, -0.2) is 9.07 Å². The lowest BCUT2D eigenvalue weighted by atomic mass is 10.00. The normalized spacial score (nSPS) is 16.9. The number of aromatic nitrogens is 4. The van der Waals surface area contributed by atoms with Gasteiger partial charge in [0.1, 0.15) is 5.82 Å². The van der Waals surface area contributed by atoms with Crippen LogP contribution in [0.2, 0.25) is 0 Å². The molecular formula is C23H19FN4O2. The Morgan fingerprint density at radius 3 is 2.90 bits per heavy atom. The molecule has 0 bridgehead atoms. The van der Waals surface area contributed by atoms with E-state index in [0.29, 0.717) is 6.54 Å². The largest absolute Gasteiger partial charge is 0.481 e. The van der Waals surface area contributed by atoms with Gasteiger partial charge in [0.25, 0.3) is 0 Å². The zero-order valence-electron chi connectivity index (χ0n) is 16.1. The summed E-state index contributed by atoms with van der Waals surface area (Å²) >= 11 is 0. The number of benzene rings is 1. The van der Waals surface area contributed by atoms with E-state index in [1.165, 1.54) is 12.1 Å². The Bertz CT molecular complexity index is 1320. The van der Waals surface area contributed by atoms with Crippen molar-refractivity contribution < 1.29 is 14.3 Å². The van der Waals surface area contributed by atoms with Crippen LogP contribution < -0.4 is 10.6 Å². The summed E-state index contributed by atoms with van der Waals surface area (Å²) in [7, 11) is 0. The minimum atomic E-state index is -0.839. The number of hydrogen-bond acceptors (Lipinski definition) is 3. The molecule has 1 aliphatic carbocycles. The molecule has 2 aromatic heterocycles. The van der Waals surface area contributed by atoms with E-state index in [4.69, 9.17) is 0 Å². The van der Waals surface area contributed by atoms with E-state index >= 15 is 0 Å². The highest BCUT2D eigenvalue weighted by Crippen LogP contribution is 2.28. The van der Waals surface area contributed by atoms with Crippen molar-refractivity contribution in [2.24, 2.45) is 0 Å². The maximum atomic E-state index is 13.3. The van der Waals surface area contributed by atoms with Crippen molar-refractivity contribution in [3.63, 3.8) is 0 Å². The molecule has 7 heteroatoms. The first-order valence-electron chi connectivity index (χ1n) is 9.83. The summed E-state index contributed by atoms with van der Waals surface area (Å²) in [5.41, 5.74) is 6.91. The van der Waals surface area contributed by atoms with Crippen molar-refractivity contribution >= 4 is 17.8 Å². The van der Waals surface area contributed by atoms with Crippen LogP contribution in [0, 0.1) is 5.82 Å². The van der Waals surface area contributed by atoms with Gasteiger partial charge in [0.15, 0.2) is 0 Å². The second kappa shape index (κ2) is 7.28. The molecule has 1 atom stereocenters. The molecule has 3 aromatic rings. The molecule has 1 unspecified atom stereocenters. The Morgan fingerprint density at radius 1 is 1.27 bits per heavy atom. The lowest BCUT2D eigenvalue weighted by Crippen LogP contribution is -2.34. The van der Waals surface area contributed by atoms with E-state index in [2.05, 4.69) is 20.6 Å². The summed E-state index contributed by atoms with van der Waals surface area (Å²) in [5, 5.41) is 19.7. The monoisotopic (exact) mass is 402 g/mol. The van der Waals surface area contributed by atoms with Crippen molar-refractivity contribution in [2.45, 2.75) is 31.8 Å². The van der Waals surface area contributed by atoms with Crippen molar-refractivity contribution in [3.05, 3.63) is 76.3 Å². The van der Waals surface area contributed by atoms with Crippen LogP contribution in [0.4, 0.5) is 4.39 Å². The van der Waals surface area contributed by atoms with Crippen molar-refractivity contribution in [1.82, 2.24) is 19.6 Å². The SMILES string of the molecule is O=C(O)Cc1c2n(c3c1=CC=CC=C=3)CC(n1nncc1-c1ccc(F)cc1)CC2. The second-order valence-corrected chi connectivity index (χ2v) is 7.49. The zero-order valence-corrected chi connectivity index (χ0v) is 16.1. The molecule has 5 rings (SSSR count). The Hall–Kier alpha value is -3.70. The molecule has 0 saturated heterocycles. The summed E-state index contributed by atoms with van der Waals surface area (Å²) in [5.74, 6) is -1.12. The quantitative estimate of drug-likeness (QED) is 0.725. The molecule has 2 aliphatic rings. The number of fused-ring (bicyclic) bond motifs is 3. The minimum absolute atomic E-state index is 0.00842. The number of rotatable bonds is 4. The molecule has 1 aliphatic heterocycles. The standard InChI is InChI=1S/C23H19FN4O2/c24-16-8-6-15(7-9-16)22-13-25-26-28(22)17-10-11-21-19(12-23(29)30)18-4-2-1-3-5-20(18)27(21)14-17/h1-4,6-9,13,17H,10-12,14H2,(H,29,30). The molecule has 0 radical (unpaired) electrons. The maximum absolute atomic E-state index is 13.3. The Morgan fingerprint density at radius 2 is 2.10 bits per heavy atom. The molecule has 0 saturated carbocycles. The minimum Gasteiger partial charge on any atom is -0.481 e. The predicted octanol–water partition coefficient (Wildman–Crippen LogP) is 1.99. The third-order valence-electron chi connectivity index (χ3n) is 5.71. The first-order valence-corrected chi connectivity index (χ1v) is 9.83. The van der Waals surface area contributed by atoms with Crippen molar-refractivity contribution in [3.8, 4) is 11.3 Å². The van der Waals surface area contributed by atoms with E-state index < -0.39 is 5.97 Å². The van der Waals surface area contributed by atoms with Gasteiger partial charge in [-0.15, -0.1) is 5.10 Å². The topological polar surface area (TPSA) is 72.9 Å². The van der Waals surface area contributed by atoms with E-state index in [-0.39, 0.29) is 18.3 Å². The van der Waals surface area contributed by atoms with Crippen LogP contribution in [-0.2, 0) is 24.2 Å². The molecule has 1 aromatic carbocycles. The third kappa shape index (κ3) is 3.09. The first kappa shape index (κ1) is 18.3. The molecule has 6 nitrogen and oxygen atoms in total. The van der Waals surface area contributed by atoms with Crippen LogP contribution in [0.5, 0.6) is 0 Å². The third-order valence-corrected chi connectivity index (χ3v) is 5.71. The lowest BCUT2D eigenvalue weighted by Gasteiger charge is -2.26. The number of carbonyl (C=O) groups is 1. The highest BCUT2D eigenvalue weighted by molar-refractivity contribution is 5.71. The Kier molecular flexibility index (Phi) is 4.45. The molecule has 1 N–H and O–H groups in total. The van der Waals surface area contributed by atoms with Gasteiger partial charge < -0.3 is 9.67 Å². The van der Waals surface area contributed by atoms with E-state index in [0.717, 1.165) is 45.9 Å². The van der Waals surface area contributed by atoms with E-state index in [1.54, 1.807) is 18.3 Å². The highest BCUT2D eigenvalue weighted by atomic mass is 19.1. The fraction of sp³-hybridized carbons (Fsp3) is 0.217. The smallest absolute Gasteiger partial charge is 0.307 e. The number of carboxylic acids is 1. The van der Waals surface area contributed by atoms with Crippen molar-refractivity contribution in [2.75, 3.05) is 0 Å².